The van der Waals surface area contributed by atoms with Crippen LogP contribution >= 0.6 is 23.2 Å². The molecule has 8 heteroatoms. The lowest BCUT2D eigenvalue weighted by Crippen LogP contribution is -2.27. The molecule has 5 rings (SSSR count). The molecule has 268 valence electrons. The number of hydrogen-bond donors (Lipinski definition) is 2. The summed E-state index contributed by atoms with van der Waals surface area (Å²) < 4.78 is 0. The van der Waals surface area contributed by atoms with Crippen molar-refractivity contribution < 1.29 is 0 Å². The Morgan fingerprint density at radius 1 is 0.620 bits per heavy atom. The standard InChI is InChI=1S/C24H30ClN3.C18H26ClN3/c1-3-28(4-2)16-8-11-21(17-19-9-6-5-7-10-19)27-23-14-15-26-24-18-20(25)12-13-22(23)24;1-4-22(5-2)12-6-7-14(3)21-17-10-11-20-18-13-15(19)8-9-16(17)18/h5-7,9-10,12-15,18,21H,3-4,8,11,16-17H2,1-2H3,(H,26,27);8-11,13-14H,4-7,12H2,1-3H3,(H,20,21)/t21-;14-/m10/s1. The first-order valence-corrected chi connectivity index (χ1v) is 19.2. The van der Waals surface area contributed by atoms with Crippen LogP contribution in [0.1, 0.15) is 65.9 Å². The van der Waals surface area contributed by atoms with Crippen LogP contribution in [0.15, 0.2) is 91.3 Å². The first-order chi connectivity index (χ1) is 24.3. The van der Waals surface area contributed by atoms with Crippen molar-refractivity contribution in [1.29, 1.82) is 0 Å². The van der Waals surface area contributed by atoms with Gasteiger partial charge in [-0.25, -0.2) is 0 Å². The van der Waals surface area contributed by atoms with Gasteiger partial charge in [0.25, 0.3) is 0 Å². The van der Waals surface area contributed by atoms with Crippen molar-refractivity contribution in [1.82, 2.24) is 19.8 Å². The van der Waals surface area contributed by atoms with Crippen LogP contribution in [0.4, 0.5) is 11.4 Å². The quantitative estimate of drug-likeness (QED) is 0.0942. The average Bonchev–Trinajstić information content (AvgIpc) is 3.12. The van der Waals surface area contributed by atoms with Crippen LogP contribution in [-0.2, 0) is 6.42 Å². The first kappa shape index (κ1) is 39.4. The fourth-order valence-electron chi connectivity index (χ4n) is 6.44. The van der Waals surface area contributed by atoms with Crippen LogP contribution in [-0.4, -0.2) is 71.1 Å². The monoisotopic (exact) mass is 714 g/mol. The summed E-state index contributed by atoms with van der Waals surface area (Å²) in [5, 5.41) is 11.1. The lowest BCUT2D eigenvalue weighted by Gasteiger charge is -2.23. The van der Waals surface area contributed by atoms with Crippen LogP contribution in [0.5, 0.6) is 0 Å². The van der Waals surface area contributed by atoms with Gasteiger partial charge in [0.05, 0.1) is 11.0 Å². The fraction of sp³-hybridized carbons (Fsp3) is 0.429. The highest BCUT2D eigenvalue weighted by Gasteiger charge is 2.13. The number of anilines is 2. The third kappa shape index (κ3) is 12.4. The molecule has 0 fully saturated rings. The Kier molecular flexibility index (Phi) is 16.6. The second-order valence-electron chi connectivity index (χ2n) is 13.0. The predicted octanol–water partition coefficient (Wildman–Crippen LogP) is 10.8. The largest absolute Gasteiger partial charge is 0.382 e. The Morgan fingerprint density at radius 2 is 1.12 bits per heavy atom. The zero-order valence-corrected chi connectivity index (χ0v) is 32.1. The van der Waals surface area contributed by atoms with E-state index in [0.29, 0.717) is 12.1 Å². The summed E-state index contributed by atoms with van der Waals surface area (Å²) in [7, 11) is 0. The van der Waals surface area contributed by atoms with Crippen molar-refractivity contribution in [2.45, 2.75) is 78.8 Å². The van der Waals surface area contributed by atoms with Crippen molar-refractivity contribution in [3.63, 3.8) is 0 Å². The molecule has 0 saturated carbocycles. The zero-order chi connectivity index (χ0) is 35.7. The molecule has 2 aromatic heterocycles. The molecule has 3 aromatic carbocycles. The SMILES string of the molecule is CCN(CC)CCC[C@H](C)Nc1ccnc2cc(Cl)ccc12.CCN(CC)CCC[C@H](Cc1ccccc1)Nc1ccnc2cc(Cl)ccc12. The van der Waals surface area contributed by atoms with Gasteiger partial charge in [-0.2, -0.15) is 0 Å². The molecule has 0 radical (unpaired) electrons. The number of nitrogens with zero attached hydrogens (tertiary/aromatic N) is 4. The van der Waals surface area contributed by atoms with Gasteiger partial charge in [-0.1, -0.05) is 81.2 Å². The fourth-order valence-corrected chi connectivity index (χ4v) is 6.77. The van der Waals surface area contributed by atoms with Gasteiger partial charge >= 0.3 is 0 Å². The minimum Gasteiger partial charge on any atom is -0.382 e. The Bertz CT molecular complexity index is 1710. The lowest BCUT2D eigenvalue weighted by molar-refractivity contribution is 0.294. The molecule has 0 amide bonds. The van der Waals surface area contributed by atoms with Crippen LogP contribution in [0, 0.1) is 0 Å². The third-order valence-corrected chi connectivity index (χ3v) is 9.89. The summed E-state index contributed by atoms with van der Waals surface area (Å²) in [6.07, 6.45) is 9.39. The number of fused-ring (bicyclic) bond motifs is 2. The van der Waals surface area contributed by atoms with E-state index in [0.717, 1.165) is 95.2 Å². The van der Waals surface area contributed by atoms with E-state index >= 15 is 0 Å². The highest BCUT2D eigenvalue weighted by molar-refractivity contribution is 6.31. The molecule has 0 saturated heterocycles. The van der Waals surface area contributed by atoms with Gasteiger partial charge in [0, 0.05) is 56.7 Å². The molecule has 0 spiro atoms. The summed E-state index contributed by atoms with van der Waals surface area (Å²) in [6, 6.07) is 27.4. The summed E-state index contributed by atoms with van der Waals surface area (Å²) >= 11 is 12.2. The Labute approximate surface area is 310 Å². The lowest BCUT2D eigenvalue weighted by atomic mass is 10.0. The summed E-state index contributed by atoms with van der Waals surface area (Å²) in [4.78, 5) is 13.8. The molecule has 0 aliphatic heterocycles. The number of hydrogen-bond acceptors (Lipinski definition) is 6. The van der Waals surface area contributed by atoms with Crippen LogP contribution < -0.4 is 10.6 Å². The molecule has 2 atom stereocenters. The summed E-state index contributed by atoms with van der Waals surface area (Å²) in [5.41, 5.74) is 5.50. The number of pyridine rings is 2. The molecule has 0 aliphatic carbocycles. The van der Waals surface area contributed by atoms with E-state index in [1.54, 1.807) is 0 Å². The van der Waals surface area contributed by atoms with Gasteiger partial charge in [-0.15, -0.1) is 0 Å². The minimum absolute atomic E-state index is 0.374. The highest BCUT2D eigenvalue weighted by Crippen LogP contribution is 2.27. The van der Waals surface area contributed by atoms with Gasteiger partial charge < -0.3 is 20.4 Å². The number of halogens is 2. The van der Waals surface area contributed by atoms with E-state index in [-0.39, 0.29) is 0 Å². The van der Waals surface area contributed by atoms with Gasteiger partial charge in [-0.3, -0.25) is 9.97 Å². The van der Waals surface area contributed by atoms with E-state index in [2.05, 4.69) is 107 Å². The molecule has 0 unspecified atom stereocenters. The van der Waals surface area contributed by atoms with Gasteiger partial charge in [-0.05, 0) is 132 Å². The molecular formula is C42H56Cl2N6. The number of rotatable bonds is 18. The number of aromatic nitrogens is 2. The smallest absolute Gasteiger partial charge is 0.0737 e. The van der Waals surface area contributed by atoms with E-state index in [1.807, 2.05) is 48.8 Å². The maximum atomic E-state index is 6.14. The van der Waals surface area contributed by atoms with E-state index in [9.17, 15) is 0 Å². The average molecular weight is 716 g/mol. The van der Waals surface area contributed by atoms with Crippen molar-refractivity contribution in [2.24, 2.45) is 0 Å². The van der Waals surface area contributed by atoms with Crippen molar-refractivity contribution in [3.05, 3.63) is 107 Å². The predicted molar refractivity (Wildman–Crippen MR) is 218 cm³/mol. The molecule has 5 aromatic rings. The molecule has 2 N–H and O–H groups in total. The van der Waals surface area contributed by atoms with E-state index < -0.39 is 0 Å². The maximum absolute atomic E-state index is 6.14. The normalized spacial score (nSPS) is 12.6. The number of nitrogens with one attached hydrogen (secondary N) is 2. The third-order valence-electron chi connectivity index (χ3n) is 9.42. The minimum atomic E-state index is 0.374. The van der Waals surface area contributed by atoms with E-state index in [1.165, 1.54) is 24.9 Å². The van der Waals surface area contributed by atoms with Crippen LogP contribution in [0.3, 0.4) is 0 Å². The first-order valence-electron chi connectivity index (χ1n) is 18.4. The Balaban J connectivity index is 0.000000232. The topological polar surface area (TPSA) is 56.3 Å². The summed E-state index contributed by atoms with van der Waals surface area (Å²) in [5.74, 6) is 0. The molecule has 6 nitrogen and oxygen atoms in total. The van der Waals surface area contributed by atoms with Crippen molar-refractivity contribution in [3.8, 4) is 0 Å². The zero-order valence-electron chi connectivity index (χ0n) is 30.6. The highest BCUT2D eigenvalue weighted by atomic mass is 35.5. The Morgan fingerprint density at radius 3 is 1.64 bits per heavy atom. The summed E-state index contributed by atoms with van der Waals surface area (Å²) in [6.45, 7) is 18.0. The molecular weight excluding hydrogens is 659 g/mol. The van der Waals surface area contributed by atoms with Crippen molar-refractivity contribution >= 4 is 56.4 Å². The molecule has 0 aliphatic rings. The van der Waals surface area contributed by atoms with Gasteiger partial charge in [0.2, 0.25) is 0 Å². The van der Waals surface area contributed by atoms with Gasteiger partial charge in [0.1, 0.15) is 0 Å². The molecule has 0 bridgehead atoms. The molecule has 2 heterocycles. The van der Waals surface area contributed by atoms with Gasteiger partial charge in [0.15, 0.2) is 0 Å². The number of benzene rings is 3. The maximum Gasteiger partial charge on any atom is 0.0737 e. The van der Waals surface area contributed by atoms with E-state index in [4.69, 9.17) is 23.2 Å². The van der Waals surface area contributed by atoms with Crippen molar-refractivity contribution in [2.75, 3.05) is 49.9 Å². The van der Waals surface area contributed by atoms with Crippen LogP contribution in [0.2, 0.25) is 10.0 Å². The van der Waals surface area contributed by atoms with Crippen LogP contribution in [0.25, 0.3) is 21.8 Å². The molecule has 50 heavy (non-hydrogen) atoms. The second kappa shape index (κ2) is 21.1. The Hall–Kier alpha value is -3.42. The second-order valence-corrected chi connectivity index (χ2v) is 13.8.